The van der Waals surface area contributed by atoms with Crippen molar-refractivity contribution < 1.29 is 14.2 Å². The van der Waals surface area contributed by atoms with Gasteiger partial charge in [0.1, 0.15) is 0 Å². The van der Waals surface area contributed by atoms with Crippen molar-refractivity contribution >= 4 is 22.2 Å². The first-order valence-electron chi connectivity index (χ1n) is 12.9. The Morgan fingerprint density at radius 1 is 1.21 bits per heavy atom. The highest BCUT2D eigenvalue weighted by Gasteiger charge is 2.31. The van der Waals surface area contributed by atoms with E-state index in [1.165, 1.54) is 4.88 Å². The molecular formula is C27H34N6O4S. The first kappa shape index (κ1) is 26.3. The molecule has 1 aliphatic heterocycles. The van der Waals surface area contributed by atoms with Crippen molar-refractivity contribution in [1.29, 1.82) is 0 Å². The lowest BCUT2D eigenvalue weighted by molar-refractivity contribution is 0.0853. The van der Waals surface area contributed by atoms with Crippen molar-refractivity contribution in [3.8, 4) is 11.5 Å². The Bertz CT molecular complexity index is 1410. The standard InChI is InChI=1S/C27H34N6O4S/c1-17(2)25(26-29-30-31-33(26)15-20-7-5-9-37-20)32(16-21-8-6-10-38-21)14-19-11-18-12-23(35-3)24(36-4)13-22(18)28-27(19)34/h6,8,10-13,17,20,25H,5,7,9,14-16H2,1-4H3,(H,28,34)/t20-,25+/m1/s1. The number of benzene rings is 1. The summed E-state index contributed by atoms with van der Waals surface area (Å²) in [4.78, 5) is 19.8. The van der Waals surface area contributed by atoms with Gasteiger partial charge in [-0.3, -0.25) is 9.69 Å². The lowest BCUT2D eigenvalue weighted by Gasteiger charge is -2.33. The fourth-order valence-corrected chi connectivity index (χ4v) is 5.92. The van der Waals surface area contributed by atoms with Gasteiger partial charge < -0.3 is 19.2 Å². The van der Waals surface area contributed by atoms with E-state index in [0.29, 0.717) is 42.2 Å². The molecule has 11 heteroatoms. The van der Waals surface area contributed by atoms with Crippen molar-refractivity contribution in [1.82, 2.24) is 30.1 Å². The molecule has 0 bridgehead atoms. The number of aromatic nitrogens is 5. The summed E-state index contributed by atoms with van der Waals surface area (Å²) in [5.41, 5.74) is 1.22. The van der Waals surface area contributed by atoms with Crippen molar-refractivity contribution in [2.75, 3.05) is 20.8 Å². The molecule has 1 fully saturated rings. The predicted octanol–water partition coefficient (Wildman–Crippen LogP) is 4.17. The molecule has 1 saturated heterocycles. The van der Waals surface area contributed by atoms with E-state index < -0.39 is 0 Å². The highest BCUT2D eigenvalue weighted by molar-refractivity contribution is 7.09. The first-order chi connectivity index (χ1) is 18.5. The van der Waals surface area contributed by atoms with Gasteiger partial charge in [-0.15, -0.1) is 16.4 Å². The monoisotopic (exact) mass is 538 g/mol. The Morgan fingerprint density at radius 3 is 2.71 bits per heavy atom. The summed E-state index contributed by atoms with van der Waals surface area (Å²) < 4.78 is 18.6. The Balaban J connectivity index is 1.52. The molecule has 5 rings (SSSR count). The van der Waals surface area contributed by atoms with Gasteiger partial charge in [-0.2, -0.15) is 0 Å². The van der Waals surface area contributed by atoms with Gasteiger partial charge in [0.2, 0.25) is 0 Å². The van der Waals surface area contributed by atoms with E-state index in [0.717, 1.165) is 30.7 Å². The second kappa shape index (κ2) is 11.6. The number of fused-ring (bicyclic) bond motifs is 1. The zero-order valence-electron chi connectivity index (χ0n) is 22.2. The maximum absolute atomic E-state index is 13.3. The molecule has 2 atom stereocenters. The summed E-state index contributed by atoms with van der Waals surface area (Å²) in [5.74, 6) is 2.16. The zero-order valence-corrected chi connectivity index (χ0v) is 23.0. The lowest BCUT2D eigenvalue weighted by Crippen LogP contribution is -2.35. The number of tetrazole rings is 1. The summed E-state index contributed by atoms with van der Waals surface area (Å²) in [6, 6.07) is 9.66. The molecule has 4 aromatic rings. The van der Waals surface area contributed by atoms with E-state index in [9.17, 15) is 4.79 Å². The van der Waals surface area contributed by atoms with Crippen LogP contribution in [0.4, 0.5) is 0 Å². The topological polar surface area (TPSA) is 107 Å². The van der Waals surface area contributed by atoms with Crippen LogP contribution >= 0.6 is 11.3 Å². The number of pyridine rings is 1. The van der Waals surface area contributed by atoms with E-state index in [1.54, 1.807) is 31.6 Å². The number of aromatic amines is 1. The summed E-state index contributed by atoms with van der Waals surface area (Å²) in [6.07, 6.45) is 2.18. The van der Waals surface area contributed by atoms with Crippen LogP contribution in [0.3, 0.4) is 0 Å². The number of hydrogen-bond acceptors (Lipinski definition) is 9. The Kier molecular flexibility index (Phi) is 8.06. The van der Waals surface area contributed by atoms with Gasteiger partial charge >= 0.3 is 0 Å². The minimum Gasteiger partial charge on any atom is -0.493 e. The molecule has 1 aromatic carbocycles. The highest BCUT2D eigenvalue weighted by atomic mass is 32.1. The van der Waals surface area contributed by atoms with Gasteiger partial charge in [-0.1, -0.05) is 19.9 Å². The van der Waals surface area contributed by atoms with Gasteiger partial charge in [0.15, 0.2) is 17.3 Å². The minimum atomic E-state index is -0.137. The van der Waals surface area contributed by atoms with Crippen molar-refractivity contribution in [2.45, 2.75) is 58.5 Å². The third-order valence-corrected chi connectivity index (χ3v) is 7.85. The Labute approximate surface area is 225 Å². The van der Waals surface area contributed by atoms with Gasteiger partial charge in [0.05, 0.1) is 38.4 Å². The van der Waals surface area contributed by atoms with E-state index >= 15 is 0 Å². The maximum atomic E-state index is 13.3. The Hall–Kier alpha value is -3.28. The predicted molar refractivity (Wildman–Crippen MR) is 146 cm³/mol. The minimum absolute atomic E-state index is 0.117. The average Bonchev–Trinajstić information content (AvgIpc) is 3.69. The van der Waals surface area contributed by atoms with Crippen LogP contribution in [0.15, 0.2) is 40.5 Å². The van der Waals surface area contributed by atoms with Crippen LogP contribution in [0, 0.1) is 5.92 Å². The van der Waals surface area contributed by atoms with E-state index in [4.69, 9.17) is 14.2 Å². The fraction of sp³-hybridized carbons (Fsp3) is 0.481. The van der Waals surface area contributed by atoms with E-state index in [2.05, 4.69) is 50.7 Å². The number of thiophene rings is 1. The summed E-state index contributed by atoms with van der Waals surface area (Å²) >= 11 is 1.70. The van der Waals surface area contributed by atoms with Gasteiger partial charge in [0.25, 0.3) is 5.56 Å². The third-order valence-electron chi connectivity index (χ3n) is 6.99. The largest absolute Gasteiger partial charge is 0.493 e. The van der Waals surface area contributed by atoms with Crippen LogP contribution in [-0.2, 0) is 24.4 Å². The van der Waals surface area contributed by atoms with Crippen molar-refractivity contribution in [3.63, 3.8) is 0 Å². The molecule has 10 nitrogen and oxygen atoms in total. The zero-order chi connectivity index (χ0) is 26.6. The van der Waals surface area contributed by atoms with Crippen LogP contribution in [0.2, 0.25) is 0 Å². The number of H-pyrrole nitrogens is 1. The number of hydrogen-bond donors (Lipinski definition) is 1. The number of ether oxygens (including phenoxy) is 3. The fourth-order valence-electron chi connectivity index (χ4n) is 5.19. The number of nitrogens with one attached hydrogen (secondary N) is 1. The molecule has 38 heavy (non-hydrogen) atoms. The lowest BCUT2D eigenvalue weighted by atomic mass is 10.00. The molecule has 4 heterocycles. The van der Waals surface area contributed by atoms with Crippen LogP contribution in [-0.4, -0.2) is 57.0 Å². The summed E-state index contributed by atoms with van der Waals surface area (Å²) in [7, 11) is 3.18. The van der Waals surface area contributed by atoms with Crippen LogP contribution in [0.25, 0.3) is 10.9 Å². The number of rotatable bonds is 11. The quantitative estimate of drug-likeness (QED) is 0.303. The summed E-state index contributed by atoms with van der Waals surface area (Å²) in [5, 5.41) is 15.8. The molecule has 0 amide bonds. The first-order valence-corrected chi connectivity index (χ1v) is 13.8. The van der Waals surface area contributed by atoms with Gasteiger partial charge in [0, 0.05) is 41.6 Å². The van der Waals surface area contributed by atoms with E-state index in [1.807, 2.05) is 22.9 Å². The molecule has 1 N–H and O–H groups in total. The second-order valence-corrected chi connectivity index (χ2v) is 11.0. The molecule has 0 saturated carbocycles. The number of methoxy groups -OCH3 is 2. The van der Waals surface area contributed by atoms with Crippen LogP contribution in [0.5, 0.6) is 11.5 Å². The van der Waals surface area contributed by atoms with Crippen LogP contribution < -0.4 is 15.0 Å². The molecule has 0 spiro atoms. The molecule has 202 valence electrons. The van der Waals surface area contributed by atoms with E-state index in [-0.39, 0.29) is 23.6 Å². The molecule has 0 unspecified atom stereocenters. The molecule has 0 aliphatic carbocycles. The average molecular weight is 539 g/mol. The third kappa shape index (κ3) is 5.59. The maximum Gasteiger partial charge on any atom is 0.252 e. The molecule has 3 aromatic heterocycles. The van der Waals surface area contributed by atoms with Crippen molar-refractivity contribution in [3.05, 3.63) is 62.3 Å². The summed E-state index contributed by atoms with van der Waals surface area (Å²) in [6.45, 7) is 6.82. The molecular weight excluding hydrogens is 504 g/mol. The normalized spacial score (nSPS) is 16.5. The van der Waals surface area contributed by atoms with Gasteiger partial charge in [-0.25, -0.2) is 4.68 Å². The van der Waals surface area contributed by atoms with Crippen LogP contribution in [0.1, 0.15) is 49.0 Å². The molecule has 0 radical (unpaired) electrons. The second-order valence-electron chi connectivity index (χ2n) is 9.95. The highest BCUT2D eigenvalue weighted by Crippen LogP contribution is 2.33. The smallest absolute Gasteiger partial charge is 0.252 e. The molecule has 1 aliphatic rings. The number of nitrogens with zero attached hydrogens (tertiary/aromatic N) is 5. The van der Waals surface area contributed by atoms with Gasteiger partial charge in [-0.05, 0) is 52.8 Å². The van der Waals surface area contributed by atoms with Crippen molar-refractivity contribution in [2.24, 2.45) is 5.92 Å². The Morgan fingerprint density at radius 2 is 2.03 bits per heavy atom. The SMILES string of the molecule is COc1cc2cc(CN(Cc3cccs3)[C@H](c3nnnn3C[C@H]3CCCO3)C(C)C)c(=O)[nH]c2cc1OC.